The number of nitro groups is 1. The highest BCUT2D eigenvalue weighted by molar-refractivity contribution is 8.00. The van der Waals surface area contributed by atoms with E-state index in [1.54, 1.807) is 78.9 Å². The van der Waals surface area contributed by atoms with Crippen molar-refractivity contribution in [3.63, 3.8) is 0 Å². The number of nitro benzene ring substituents is 1. The SMILES string of the molecule is C[C@H](NC(=O)[C@@H](NC(=O)Cc1cc(F)cc(F)c1)c1ccccc1)C(=O)NCc1ccc(C(=O)c2ccc(CNCC(=O)NCCCCCCCN(C)S(=O)(=O)c3ccc(C(=O)NCCCCCC(=O)CCCC[C@@H]4SC[C@@H]5NC(=O)N[C@@H]54)cc3[N+](=O)[O-])cc2)cc1. The molecule has 7 rings (SSSR count). The molecular formula is C66H80F2N10O12S2. The predicted molar refractivity (Wildman–Crippen MR) is 344 cm³/mol. The zero-order valence-corrected chi connectivity index (χ0v) is 53.2. The molecule has 0 unspecified atom stereocenters. The average molecular weight is 1310 g/mol. The van der Waals surface area contributed by atoms with Gasteiger partial charge in [-0.3, -0.25) is 43.7 Å². The standard InChI is InChI=1S/C66H80F2N10O12S2/c1-43(73-65(85)60(47-16-8-6-9-17-47)75-58(80)36-46-34-51(67)38-52(68)35-46)63(83)72-40-45-23-27-49(28-24-45)62(82)48-25-21-44(22-26-48)39-69-41-59(81)70-31-13-4-3-5-15-33-77(2)92(89,90)57-30-29-50(37-55(57)78(87)88)64(84)71-32-14-7-10-18-53(79)19-11-12-20-56-61-54(42-91-56)74-66(86)76-61/h6,8-9,16-17,21-30,34-35,37-38,43,54,56,60-61,69H,3-5,7,10-15,18-20,31-33,36,39-42H2,1-2H3,(H,70,81)(H,71,84)(H,72,83)(H,73,85)(H,75,80)(H2,74,76,86)/t43-,54-,56-,60-,61-/m0/s1. The number of halogens is 2. The summed E-state index contributed by atoms with van der Waals surface area (Å²) in [7, 11) is -2.91. The lowest BCUT2D eigenvalue weighted by Gasteiger charge is -2.22. The van der Waals surface area contributed by atoms with Crippen LogP contribution in [0.1, 0.15) is 145 Å². The van der Waals surface area contributed by atoms with Gasteiger partial charge in [0.15, 0.2) is 10.7 Å². The Morgan fingerprint density at radius 3 is 1.96 bits per heavy atom. The first-order valence-corrected chi connectivity index (χ1v) is 33.4. The maximum absolute atomic E-state index is 13.7. The van der Waals surface area contributed by atoms with E-state index in [-0.39, 0.29) is 72.9 Å². The van der Waals surface area contributed by atoms with Gasteiger partial charge in [0.25, 0.3) is 11.6 Å². The van der Waals surface area contributed by atoms with E-state index in [4.69, 9.17) is 0 Å². The van der Waals surface area contributed by atoms with Crippen LogP contribution in [-0.4, -0.2) is 127 Å². The third kappa shape index (κ3) is 21.9. The van der Waals surface area contributed by atoms with Crippen LogP contribution in [0, 0.1) is 21.7 Å². The summed E-state index contributed by atoms with van der Waals surface area (Å²) in [6.45, 7) is 2.84. The molecule has 0 saturated carbocycles. The number of sulfonamides is 1. The third-order valence-corrected chi connectivity index (χ3v) is 19.3. The van der Waals surface area contributed by atoms with Gasteiger partial charge in [-0.25, -0.2) is 26.3 Å². The lowest BCUT2D eigenvalue weighted by molar-refractivity contribution is -0.387. The second kappa shape index (κ2) is 35.4. The van der Waals surface area contributed by atoms with Gasteiger partial charge in [-0.2, -0.15) is 11.8 Å². The van der Waals surface area contributed by atoms with Crippen LogP contribution in [0.4, 0.5) is 19.3 Å². The van der Waals surface area contributed by atoms with Gasteiger partial charge in [-0.15, -0.1) is 0 Å². The number of fused-ring (bicyclic) bond motifs is 1. The summed E-state index contributed by atoms with van der Waals surface area (Å²) in [4.78, 5) is 113. The van der Waals surface area contributed by atoms with Crippen molar-refractivity contribution < 1.29 is 60.5 Å². The maximum atomic E-state index is 13.7. The molecule has 0 aliphatic carbocycles. The normalized spacial score (nSPS) is 15.7. The van der Waals surface area contributed by atoms with Crippen molar-refractivity contribution in [3.8, 4) is 0 Å². The van der Waals surface area contributed by atoms with Crippen molar-refractivity contribution in [2.75, 3.05) is 39.0 Å². The molecule has 492 valence electrons. The second-order valence-corrected chi connectivity index (χ2v) is 26.3. The third-order valence-electron chi connectivity index (χ3n) is 15.9. The van der Waals surface area contributed by atoms with Crippen LogP contribution < -0.4 is 42.5 Å². The van der Waals surface area contributed by atoms with E-state index >= 15 is 0 Å². The van der Waals surface area contributed by atoms with E-state index in [1.165, 1.54) is 20.0 Å². The minimum atomic E-state index is -4.27. The molecule has 92 heavy (non-hydrogen) atoms. The minimum Gasteiger partial charge on any atom is -0.355 e. The lowest BCUT2D eigenvalue weighted by Crippen LogP contribution is -2.49. The van der Waals surface area contributed by atoms with Crippen molar-refractivity contribution in [2.45, 2.75) is 144 Å². The molecule has 0 spiro atoms. The number of amides is 7. The summed E-state index contributed by atoms with van der Waals surface area (Å²) >= 11 is 1.86. The fraction of sp³-hybridized carbons (Fsp3) is 0.424. The van der Waals surface area contributed by atoms with Crippen LogP contribution in [-0.2, 0) is 53.5 Å². The van der Waals surface area contributed by atoms with E-state index < -0.39 is 79.3 Å². The highest BCUT2D eigenvalue weighted by atomic mass is 32.2. The molecule has 5 aromatic carbocycles. The molecule has 0 aromatic heterocycles. The number of carbonyl (C=O) groups excluding carboxylic acids is 8. The monoisotopic (exact) mass is 1310 g/mol. The fourth-order valence-corrected chi connectivity index (χ4v) is 13.6. The van der Waals surface area contributed by atoms with Gasteiger partial charge >= 0.3 is 6.03 Å². The Kier molecular flexibility index (Phi) is 27.3. The molecule has 22 nitrogen and oxygen atoms in total. The Labute approximate surface area is 538 Å². The number of benzene rings is 5. The van der Waals surface area contributed by atoms with E-state index in [1.807, 2.05) is 11.8 Å². The van der Waals surface area contributed by atoms with Crippen LogP contribution >= 0.6 is 11.8 Å². The number of carbonyl (C=O) groups is 8. The van der Waals surface area contributed by atoms with E-state index in [0.717, 1.165) is 72.0 Å². The van der Waals surface area contributed by atoms with Gasteiger partial charge in [0.05, 0.1) is 30.0 Å². The summed E-state index contributed by atoms with van der Waals surface area (Å²) in [5.74, 6) is -3.45. The first-order valence-electron chi connectivity index (χ1n) is 31.0. The quantitative estimate of drug-likeness (QED) is 0.00629. The van der Waals surface area contributed by atoms with Crippen LogP contribution in [0.5, 0.6) is 0 Å². The molecule has 7 amide bonds. The molecule has 5 atom stereocenters. The predicted octanol–water partition coefficient (Wildman–Crippen LogP) is 7.39. The van der Waals surface area contributed by atoms with Gasteiger partial charge in [0.2, 0.25) is 33.7 Å². The van der Waals surface area contributed by atoms with Gasteiger partial charge in [-0.05, 0) is 92.0 Å². The van der Waals surface area contributed by atoms with Crippen molar-refractivity contribution in [1.82, 2.24) is 46.8 Å². The molecule has 26 heteroatoms. The number of unbranched alkanes of at least 4 members (excludes halogenated alkanes) is 7. The summed E-state index contributed by atoms with van der Waals surface area (Å²) in [5.41, 5.74) is 2.15. The number of hydrogen-bond acceptors (Lipinski definition) is 14. The van der Waals surface area contributed by atoms with Gasteiger partial charge in [-0.1, -0.05) is 111 Å². The Morgan fingerprint density at radius 2 is 1.28 bits per heavy atom. The summed E-state index contributed by atoms with van der Waals surface area (Å²) in [5, 5.41) is 35.0. The van der Waals surface area contributed by atoms with Crippen molar-refractivity contribution in [1.29, 1.82) is 0 Å². The molecule has 2 aliphatic rings. The number of ketones is 2. The lowest BCUT2D eigenvalue weighted by atomic mass is 10.0. The minimum absolute atomic E-state index is 0.0441. The molecule has 0 bridgehead atoms. The Morgan fingerprint density at radius 1 is 0.674 bits per heavy atom. The molecular weight excluding hydrogens is 1230 g/mol. The van der Waals surface area contributed by atoms with Gasteiger partial charge in [0.1, 0.15) is 29.5 Å². The number of thioether (sulfide) groups is 1. The molecule has 0 radical (unpaired) electrons. The average Bonchev–Trinajstić information content (AvgIpc) is 1.23. The van der Waals surface area contributed by atoms with E-state index in [2.05, 4.69) is 42.5 Å². The molecule has 2 fully saturated rings. The smallest absolute Gasteiger partial charge is 0.315 e. The van der Waals surface area contributed by atoms with Crippen LogP contribution in [0.3, 0.4) is 0 Å². The first kappa shape index (κ1) is 71.0. The van der Waals surface area contributed by atoms with E-state index in [9.17, 15) is 65.7 Å². The van der Waals surface area contributed by atoms with E-state index in [0.29, 0.717) is 98.0 Å². The fourth-order valence-electron chi connectivity index (χ4n) is 10.7. The molecule has 8 N–H and O–H groups in total. The summed E-state index contributed by atoms with van der Waals surface area (Å²) in [6.07, 6.45) is 8.61. The number of rotatable bonds is 38. The first-order chi connectivity index (χ1) is 44.1. The summed E-state index contributed by atoms with van der Waals surface area (Å²) < 4.78 is 55.5. The van der Waals surface area contributed by atoms with Gasteiger partial charge in [0, 0.05) is 92.4 Å². The highest BCUT2D eigenvalue weighted by Crippen LogP contribution is 2.33. The van der Waals surface area contributed by atoms with Crippen molar-refractivity contribution in [3.05, 3.63) is 176 Å². The number of nitrogens with zero attached hydrogens (tertiary/aromatic N) is 2. The second-order valence-electron chi connectivity index (χ2n) is 23.0. The zero-order valence-electron chi connectivity index (χ0n) is 51.6. The molecule has 5 aromatic rings. The Balaban J connectivity index is 0.712. The number of urea groups is 1. The maximum Gasteiger partial charge on any atom is 0.315 e. The van der Waals surface area contributed by atoms with Crippen LogP contribution in [0.15, 0.2) is 120 Å². The number of hydrogen-bond donors (Lipinski definition) is 8. The number of nitrogens with one attached hydrogen (secondary N) is 8. The summed E-state index contributed by atoms with van der Waals surface area (Å²) in [6, 6.07) is 26.0. The zero-order chi connectivity index (χ0) is 66.2. The molecule has 2 aliphatic heterocycles. The Hall–Kier alpha value is -8.46. The Bertz CT molecular complexity index is 3490. The van der Waals surface area contributed by atoms with Crippen molar-refractivity contribution in [2.24, 2.45) is 0 Å². The van der Waals surface area contributed by atoms with Gasteiger partial charge < -0.3 is 42.5 Å². The highest BCUT2D eigenvalue weighted by Gasteiger charge is 2.42. The topological polar surface area (TPSA) is 313 Å². The van der Waals surface area contributed by atoms with Crippen LogP contribution in [0.2, 0.25) is 0 Å². The van der Waals surface area contributed by atoms with Crippen molar-refractivity contribution >= 4 is 74.6 Å². The molecule has 2 saturated heterocycles. The molecule has 2 heterocycles. The number of Topliss-reactive ketones (excluding diaryl/α,β-unsaturated/α-hetero) is 1. The largest absolute Gasteiger partial charge is 0.355 e. The van der Waals surface area contributed by atoms with Crippen LogP contribution in [0.25, 0.3) is 0 Å².